The molecule has 0 unspecified atom stereocenters. The zero-order chi connectivity index (χ0) is 16.2. The van der Waals surface area contributed by atoms with Crippen LogP contribution in [0.2, 0.25) is 0 Å². The third-order valence-corrected chi connectivity index (χ3v) is 4.51. The molecule has 0 aliphatic carbocycles. The van der Waals surface area contributed by atoms with Crippen molar-refractivity contribution in [3.63, 3.8) is 0 Å². The minimum atomic E-state index is 0.799. The SMILES string of the molecule is C(=N\N1CCN(Cc2cccc3ccccc23)CC1)/c1ccco1. The number of piperazine rings is 1. The number of benzene rings is 2. The summed E-state index contributed by atoms with van der Waals surface area (Å²) in [5.74, 6) is 0.799. The van der Waals surface area contributed by atoms with Crippen LogP contribution in [0, 0.1) is 0 Å². The van der Waals surface area contributed by atoms with Crippen molar-refractivity contribution in [3.8, 4) is 0 Å². The lowest BCUT2D eigenvalue weighted by molar-refractivity contribution is 0.131. The molecular weight excluding hydrogens is 298 g/mol. The molecule has 1 aliphatic rings. The van der Waals surface area contributed by atoms with Crippen molar-refractivity contribution in [2.75, 3.05) is 26.2 Å². The van der Waals surface area contributed by atoms with Gasteiger partial charge < -0.3 is 4.42 Å². The first kappa shape index (κ1) is 15.0. The van der Waals surface area contributed by atoms with Crippen LogP contribution in [0.1, 0.15) is 11.3 Å². The topological polar surface area (TPSA) is 32.0 Å². The molecule has 0 radical (unpaired) electrons. The van der Waals surface area contributed by atoms with Crippen LogP contribution in [0.25, 0.3) is 10.8 Å². The summed E-state index contributed by atoms with van der Waals surface area (Å²) in [6.45, 7) is 4.94. The van der Waals surface area contributed by atoms with Crippen molar-refractivity contribution < 1.29 is 4.42 Å². The molecule has 122 valence electrons. The fourth-order valence-electron chi connectivity index (χ4n) is 3.19. The van der Waals surface area contributed by atoms with Gasteiger partial charge in [-0.15, -0.1) is 0 Å². The maximum Gasteiger partial charge on any atom is 0.146 e. The van der Waals surface area contributed by atoms with Crippen LogP contribution in [0.3, 0.4) is 0 Å². The van der Waals surface area contributed by atoms with Crippen LogP contribution in [0.5, 0.6) is 0 Å². The second-order valence-corrected chi connectivity index (χ2v) is 6.13. The Morgan fingerprint density at radius 3 is 2.58 bits per heavy atom. The average Bonchev–Trinajstić information content (AvgIpc) is 3.15. The Kier molecular flexibility index (Phi) is 4.30. The highest BCUT2D eigenvalue weighted by Gasteiger charge is 2.16. The predicted molar refractivity (Wildman–Crippen MR) is 97.1 cm³/mol. The number of rotatable bonds is 4. The van der Waals surface area contributed by atoms with Crippen molar-refractivity contribution in [2.45, 2.75) is 6.54 Å². The summed E-state index contributed by atoms with van der Waals surface area (Å²) >= 11 is 0. The molecule has 0 spiro atoms. The van der Waals surface area contributed by atoms with Gasteiger partial charge in [0.05, 0.1) is 12.5 Å². The lowest BCUT2D eigenvalue weighted by Gasteiger charge is -2.33. The van der Waals surface area contributed by atoms with Gasteiger partial charge in [0.2, 0.25) is 0 Å². The van der Waals surface area contributed by atoms with Crippen molar-refractivity contribution in [2.24, 2.45) is 5.10 Å². The largest absolute Gasteiger partial charge is 0.463 e. The molecule has 0 N–H and O–H groups in total. The zero-order valence-electron chi connectivity index (χ0n) is 13.6. The van der Waals surface area contributed by atoms with Crippen LogP contribution in [0.4, 0.5) is 0 Å². The minimum absolute atomic E-state index is 0.799. The van der Waals surface area contributed by atoms with Crippen LogP contribution in [-0.2, 0) is 6.54 Å². The highest BCUT2D eigenvalue weighted by atomic mass is 16.3. The Bertz CT molecular complexity index is 813. The van der Waals surface area contributed by atoms with Crippen LogP contribution >= 0.6 is 0 Å². The molecule has 0 amide bonds. The normalized spacial score (nSPS) is 16.2. The summed E-state index contributed by atoms with van der Waals surface area (Å²) in [5.41, 5.74) is 1.40. The van der Waals surface area contributed by atoms with E-state index in [0.717, 1.165) is 38.5 Å². The summed E-state index contributed by atoms with van der Waals surface area (Å²) in [6.07, 6.45) is 3.46. The number of furan rings is 1. The molecule has 3 aromatic rings. The Morgan fingerprint density at radius 1 is 0.917 bits per heavy atom. The van der Waals surface area contributed by atoms with Gasteiger partial charge in [-0.25, -0.2) is 0 Å². The lowest BCUT2D eigenvalue weighted by atomic mass is 10.0. The predicted octanol–water partition coefficient (Wildman–Crippen LogP) is 3.58. The first-order valence-electron chi connectivity index (χ1n) is 8.40. The van der Waals surface area contributed by atoms with Crippen molar-refractivity contribution in [3.05, 3.63) is 72.2 Å². The number of hydrogen-bond acceptors (Lipinski definition) is 4. The zero-order valence-corrected chi connectivity index (χ0v) is 13.6. The minimum Gasteiger partial charge on any atom is -0.463 e. The Labute approximate surface area is 142 Å². The monoisotopic (exact) mass is 319 g/mol. The third kappa shape index (κ3) is 3.34. The average molecular weight is 319 g/mol. The summed E-state index contributed by atoms with van der Waals surface area (Å²) in [4.78, 5) is 2.50. The van der Waals surface area contributed by atoms with Gasteiger partial charge in [0.15, 0.2) is 0 Å². The van der Waals surface area contributed by atoms with E-state index in [9.17, 15) is 0 Å². The number of fused-ring (bicyclic) bond motifs is 1. The van der Waals surface area contributed by atoms with Gasteiger partial charge in [0.25, 0.3) is 0 Å². The van der Waals surface area contributed by atoms with Gasteiger partial charge >= 0.3 is 0 Å². The Balaban J connectivity index is 1.37. The molecule has 1 fully saturated rings. The molecule has 0 bridgehead atoms. The van der Waals surface area contributed by atoms with Crippen LogP contribution in [-0.4, -0.2) is 42.3 Å². The van der Waals surface area contributed by atoms with Crippen LogP contribution < -0.4 is 0 Å². The van der Waals surface area contributed by atoms with Crippen LogP contribution in [0.15, 0.2) is 70.4 Å². The molecule has 4 nitrogen and oxygen atoms in total. The molecule has 0 saturated carbocycles. The highest BCUT2D eigenvalue weighted by Crippen LogP contribution is 2.20. The summed E-state index contributed by atoms with van der Waals surface area (Å²) < 4.78 is 5.28. The number of nitrogens with zero attached hydrogens (tertiary/aromatic N) is 3. The van der Waals surface area contributed by atoms with Gasteiger partial charge in [-0.2, -0.15) is 5.10 Å². The summed E-state index contributed by atoms with van der Waals surface area (Å²) in [6, 6.07) is 19.0. The molecule has 0 atom stereocenters. The maximum absolute atomic E-state index is 5.28. The molecule has 1 aliphatic heterocycles. The van der Waals surface area contributed by atoms with E-state index in [1.54, 1.807) is 12.5 Å². The van der Waals surface area contributed by atoms with E-state index >= 15 is 0 Å². The van der Waals surface area contributed by atoms with E-state index in [-0.39, 0.29) is 0 Å². The van der Waals surface area contributed by atoms with E-state index in [0.29, 0.717) is 0 Å². The second kappa shape index (κ2) is 6.89. The summed E-state index contributed by atoms with van der Waals surface area (Å²) in [5, 5.41) is 9.29. The molecule has 2 aromatic carbocycles. The van der Waals surface area contributed by atoms with E-state index in [4.69, 9.17) is 4.42 Å². The lowest BCUT2D eigenvalue weighted by Crippen LogP contribution is -2.43. The molecule has 4 heteroatoms. The molecule has 1 saturated heterocycles. The number of hydrogen-bond donors (Lipinski definition) is 0. The van der Waals surface area contributed by atoms with Gasteiger partial charge in [-0.05, 0) is 28.5 Å². The van der Waals surface area contributed by atoms with E-state index in [1.807, 2.05) is 12.1 Å². The second-order valence-electron chi connectivity index (χ2n) is 6.13. The smallest absolute Gasteiger partial charge is 0.146 e. The molecule has 24 heavy (non-hydrogen) atoms. The van der Waals surface area contributed by atoms with E-state index in [2.05, 4.69) is 57.5 Å². The standard InChI is InChI=1S/C20H21N3O/c1-2-9-20-17(5-1)6-3-7-18(20)16-22-10-12-23(13-11-22)21-15-19-8-4-14-24-19/h1-9,14-15H,10-13,16H2/b21-15+. The number of hydrazone groups is 1. The van der Waals surface area contributed by atoms with Gasteiger partial charge in [-0.3, -0.25) is 9.91 Å². The summed E-state index contributed by atoms with van der Waals surface area (Å²) in [7, 11) is 0. The van der Waals surface area contributed by atoms with Crippen molar-refractivity contribution in [1.82, 2.24) is 9.91 Å². The first-order valence-corrected chi connectivity index (χ1v) is 8.40. The molecular formula is C20H21N3O. The molecule has 2 heterocycles. The first-order chi connectivity index (χ1) is 11.9. The Hall–Kier alpha value is -2.59. The highest BCUT2D eigenvalue weighted by molar-refractivity contribution is 5.85. The van der Waals surface area contributed by atoms with Gasteiger partial charge in [0.1, 0.15) is 5.76 Å². The van der Waals surface area contributed by atoms with Gasteiger partial charge in [0, 0.05) is 32.7 Å². The fraction of sp³-hybridized carbons (Fsp3) is 0.250. The van der Waals surface area contributed by atoms with E-state index < -0.39 is 0 Å². The third-order valence-electron chi connectivity index (χ3n) is 4.51. The maximum atomic E-state index is 5.28. The molecule has 1 aromatic heterocycles. The van der Waals surface area contributed by atoms with E-state index in [1.165, 1.54) is 16.3 Å². The van der Waals surface area contributed by atoms with Crippen molar-refractivity contribution >= 4 is 17.0 Å². The quantitative estimate of drug-likeness (QED) is 0.689. The Morgan fingerprint density at radius 2 is 1.75 bits per heavy atom. The fourth-order valence-corrected chi connectivity index (χ4v) is 3.19. The van der Waals surface area contributed by atoms with Gasteiger partial charge in [-0.1, -0.05) is 42.5 Å². The molecule has 4 rings (SSSR count). The van der Waals surface area contributed by atoms with Crippen molar-refractivity contribution in [1.29, 1.82) is 0 Å².